The van der Waals surface area contributed by atoms with Crippen molar-refractivity contribution in [2.75, 3.05) is 6.54 Å². The normalized spacial score (nSPS) is 33.0. The fraction of sp³-hybridized carbons (Fsp3) is 0.926. The summed E-state index contributed by atoms with van der Waals surface area (Å²) in [6.45, 7) is 0.624. The average molecular weight is 447 g/mol. The van der Waals surface area contributed by atoms with Gasteiger partial charge in [0.1, 0.15) is 5.54 Å². The molecule has 3 aliphatic carbocycles. The summed E-state index contributed by atoms with van der Waals surface area (Å²) in [4.78, 5) is 28.3. The summed E-state index contributed by atoms with van der Waals surface area (Å²) in [6, 6.07) is 0.264. The number of carboxylic acids is 1. The Morgan fingerprint density at radius 1 is 0.844 bits per heavy atom. The van der Waals surface area contributed by atoms with Gasteiger partial charge in [-0.25, -0.2) is 4.79 Å². The van der Waals surface area contributed by atoms with Crippen LogP contribution in [0.25, 0.3) is 0 Å². The molecule has 0 unspecified atom stereocenters. The van der Waals surface area contributed by atoms with E-state index in [0.29, 0.717) is 49.5 Å². The van der Waals surface area contributed by atoms with Gasteiger partial charge < -0.3 is 15.7 Å². The molecule has 5 heteroatoms. The maximum atomic E-state index is 13.8. The van der Waals surface area contributed by atoms with Crippen LogP contribution in [0.15, 0.2) is 0 Å². The molecule has 1 atom stereocenters. The van der Waals surface area contributed by atoms with Gasteiger partial charge in [-0.3, -0.25) is 4.79 Å². The van der Waals surface area contributed by atoms with Crippen LogP contribution in [0.5, 0.6) is 0 Å². The molecule has 4 aliphatic rings. The number of carbonyl (C=O) groups is 2. The standard InChI is InChI=1S/C27H46N2O3/c28-23-14-12-20(13-15-23)19-27(26(31)32)16-7-17-29(27)25(30)18-24(21-8-3-1-4-9-21)22-10-5-2-6-11-22/h20-24H,1-19,28H2,(H,31,32)/t20?,23?,27-/m1/s1. The highest BCUT2D eigenvalue weighted by Gasteiger charge is 2.51. The van der Waals surface area contributed by atoms with E-state index in [1.54, 1.807) is 0 Å². The zero-order valence-electron chi connectivity index (χ0n) is 20.1. The first kappa shape index (κ1) is 24.0. The molecule has 0 aromatic rings. The molecule has 3 N–H and O–H groups in total. The van der Waals surface area contributed by atoms with E-state index in [0.717, 1.165) is 32.1 Å². The highest BCUT2D eigenvalue weighted by atomic mass is 16.4. The van der Waals surface area contributed by atoms with Crippen LogP contribution in [0, 0.1) is 23.7 Å². The molecule has 1 heterocycles. The van der Waals surface area contributed by atoms with Gasteiger partial charge in [-0.05, 0) is 68.6 Å². The third-order valence-corrected chi connectivity index (χ3v) is 9.63. The molecular weight excluding hydrogens is 400 g/mol. The van der Waals surface area contributed by atoms with E-state index < -0.39 is 11.5 Å². The molecule has 0 bridgehead atoms. The largest absolute Gasteiger partial charge is 0.479 e. The van der Waals surface area contributed by atoms with Crippen LogP contribution < -0.4 is 5.73 Å². The molecule has 4 rings (SSSR count). The van der Waals surface area contributed by atoms with Crippen LogP contribution in [-0.2, 0) is 9.59 Å². The minimum atomic E-state index is -0.979. The SMILES string of the molecule is NC1CCC(C[C@@]2(C(=O)O)CCCN2C(=O)CC(C2CCCCC2)C2CCCCC2)CC1. The van der Waals surface area contributed by atoms with Crippen molar-refractivity contribution in [1.82, 2.24) is 4.90 Å². The quantitative estimate of drug-likeness (QED) is 0.540. The van der Waals surface area contributed by atoms with Gasteiger partial charge in [0, 0.05) is 19.0 Å². The number of nitrogens with zero attached hydrogens (tertiary/aromatic N) is 1. The lowest BCUT2D eigenvalue weighted by molar-refractivity contribution is -0.159. The molecule has 1 aliphatic heterocycles. The molecule has 32 heavy (non-hydrogen) atoms. The van der Waals surface area contributed by atoms with E-state index in [2.05, 4.69) is 0 Å². The summed E-state index contributed by atoms with van der Waals surface area (Å²) in [5.41, 5.74) is 5.11. The van der Waals surface area contributed by atoms with Gasteiger partial charge in [-0.15, -0.1) is 0 Å². The van der Waals surface area contributed by atoms with Gasteiger partial charge in [-0.1, -0.05) is 64.2 Å². The molecule has 3 saturated carbocycles. The number of amides is 1. The first-order valence-corrected chi connectivity index (χ1v) is 13.8. The van der Waals surface area contributed by atoms with E-state index in [1.807, 2.05) is 4.90 Å². The second-order valence-corrected chi connectivity index (χ2v) is 11.6. The minimum absolute atomic E-state index is 0.138. The van der Waals surface area contributed by atoms with Crippen molar-refractivity contribution in [3.8, 4) is 0 Å². The summed E-state index contributed by atoms with van der Waals surface area (Å²) in [5.74, 6) is 1.54. The van der Waals surface area contributed by atoms with Crippen molar-refractivity contribution in [3.05, 3.63) is 0 Å². The van der Waals surface area contributed by atoms with Crippen LogP contribution >= 0.6 is 0 Å². The van der Waals surface area contributed by atoms with Gasteiger partial charge in [0.25, 0.3) is 0 Å². The van der Waals surface area contributed by atoms with Crippen LogP contribution in [0.4, 0.5) is 0 Å². The highest BCUT2D eigenvalue weighted by Crippen LogP contribution is 2.44. The van der Waals surface area contributed by atoms with Gasteiger partial charge >= 0.3 is 5.97 Å². The number of nitrogens with two attached hydrogens (primary N) is 1. The molecular formula is C27H46N2O3. The van der Waals surface area contributed by atoms with Crippen LogP contribution in [0.1, 0.15) is 116 Å². The van der Waals surface area contributed by atoms with E-state index in [1.165, 1.54) is 64.2 Å². The molecule has 0 radical (unpaired) electrons. The van der Waals surface area contributed by atoms with E-state index in [9.17, 15) is 14.7 Å². The number of hydrogen-bond donors (Lipinski definition) is 2. The molecule has 182 valence electrons. The fourth-order valence-corrected chi connectivity index (χ4v) is 7.79. The third kappa shape index (κ3) is 5.34. The average Bonchev–Trinajstić information content (AvgIpc) is 3.25. The van der Waals surface area contributed by atoms with Crippen molar-refractivity contribution in [2.45, 2.75) is 127 Å². The predicted octanol–water partition coefficient (Wildman–Crippen LogP) is 5.51. The van der Waals surface area contributed by atoms with Crippen molar-refractivity contribution in [3.63, 3.8) is 0 Å². The van der Waals surface area contributed by atoms with Gasteiger partial charge in [0.2, 0.25) is 5.91 Å². The van der Waals surface area contributed by atoms with Crippen molar-refractivity contribution in [2.24, 2.45) is 29.4 Å². The maximum absolute atomic E-state index is 13.8. The Kier molecular flexibility index (Phi) is 8.18. The zero-order valence-corrected chi connectivity index (χ0v) is 20.1. The predicted molar refractivity (Wildman–Crippen MR) is 127 cm³/mol. The Hall–Kier alpha value is -1.10. The smallest absolute Gasteiger partial charge is 0.329 e. The van der Waals surface area contributed by atoms with Crippen LogP contribution in [0.2, 0.25) is 0 Å². The fourth-order valence-electron chi connectivity index (χ4n) is 7.79. The number of aliphatic carboxylic acids is 1. The monoisotopic (exact) mass is 446 g/mol. The number of carboxylic acid groups (broad SMARTS) is 1. The molecule has 1 saturated heterocycles. The molecule has 0 aromatic carbocycles. The summed E-state index contributed by atoms with van der Waals surface area (Å²) >= 11 is 0. The Balaban J connectivity index is 1.48. The van der Waals surface area contributed by atoms with Crippen molar-refractivity contribution >= 4 is 11.9 Å². The Morgan fingerprint density at radius 3 is 1.94 bits per heavy atom. The summed E-state index contributed by atoms with van der Waals surface area (Å²) < 4.78 is 0. The molecule has 4 fully saturated rings. The zero-order chi connectivity index (χ0) is 22.6. The second-order valence-electron chi connectivity index (χ2n) is 11.6. The van der Waals surface area contributed by atoms with Gasteiger partial charge in [0.15, 0.2) is 0 Å². The topological polar surface area (TPSA) is 83.6 Å². The Morgan fingerprint density at radius 2 is 1.41 bits per heavy atom. The molecule has 0 spiro atoms. The Labute approximate surface area is 194 Å². The summed E-state index contributed by atoms with van der Waals surface area (Å²) in [7, 11) is 0. The summed E-state index contributed by atoms with van der Waals surface area (Å²) in [6.07, 6.45) is 19.6. The summed E-state index contributed by atoms with van der Waals surface area (Å²) in [5, 5.41) is 10.4. The third-order valence-electron chi connectivity index (χ3n) is 9.63. The number of carbonyl (C=O) groups excluding carboxylic acids is 1. The number of likely N-dealkylation sites (tertiary alicyclic amines) is 1. The van der Waals surface area contributed by atoms with Crippen LogP contribution in [-0.4, -0.2) is 40.0 Å². The lowest BCUT2D eigenvalue weighted by atomic mass is 9.68. The maximum Gasteiger partial charge on any atom is 0.329 e. The first-order valence-electron chi connectivity index (χ1n) is 13.8. The van der Waals surface area contributed by atoms with E-state index in [4.69, 9.17) is 5.73 Å². The minimum Gasteiger partial charge on any atom is -0.479 e. The van der Waals surface area contributed by atoms with Gasteiger partial charge in [-0.2, -0.15) is 0 Å². The Bertz CT molecular complexity index is 615. The van der Waals surface area contributed by atoms with Crippen molar-refractivity contribution < 1.29 is 14.7 Å². The second kappa shape index (κ2) is 10.9. The molecule has 1 amide bonds. The highest BCUT2D eigenvalue weighted by molar-refractivity contribution is 5.88. The van der Waals surface area contributed by atoms with E-state index in [-0.39, 0.29) is 11.9 Å². The molecule has 5 nitrogen and oxygen atoms in total. The van der Waals surface area contributed by atoms with Gasteiger partial charge in [0.05, 0.1) is 0 Å². The number of hydrogen-bond acceptors (Lipinski definition) is 3. The van der Waals surface area contributed by atoms with Crippen molar-refractivity contribution in [1.29, 1.82) is 0 Å². The van der Waals surface area contributed by atoms with Crippen LogP contribution in [0.3, 0.4) is 0 Å². The first-order chi connectivity index (χ1) is 15.5. The lowest BCUT2D eigenvalue weighted by Gasteiger charge is -2.42. The molecule has 0 aromatic heterocycles. The van der Waals surface area contributed by atoms with E-state index >= 15 is 0 Å². The number of rotatable bonds is 7. The lowest BCUT2D eigenvalue weighted by Crippen LogP contribution is -2.55.